The van der Waals surface area contributed by atoms with Crippen LogP contribution in [0.15, 0.2) is 42.5 Å². The van der Waals surface area contributed by atoms with Gasteiger partial charge >= 0.3 is 0 Å². The predicted octanol–water partition coefficient (Wildman–Crippen LogP) is 5.07. The van der Waals surface area contributed by atoms with Gasteiger partial charge < -0.3 is 15.0 Å². The molecular formula is C24H27ClN2O3. The lowest BCUT2D eigenvalue weighted by Crippen LogP contribution is -2.48. The first kappa shape index (κ1) is 20.7. The molecule has 1 saturated heterocycles. The summed E-state index contributed by atoms with van der Waals surface area (Å²) < 4.78 is 5.42. The van der Waals surface area contributed by atoms with Crippen LogP contribution < -0.4 is 10.1 Å². The summed E-state index contributed by atoms with van der Waals surface area (Å²) in [6.45, 7) is 1.91. The van der Waals surface area contributed by atoms with Gasteiger partial charge in [0.2, 0.25) is 5.91 Å². The maximum absolute atomic E-state index is 13.6. The second kappa shape index (κ2) is 8.68. The van der Waals surface area contributed by atoms with Gasteiger partial charge in [-0.05, 0) is 68.0 Å². The summed E-state index contributed by atoms with van der Waals surface area (Å²) in [6, 6.07) is 12.2. The fraction of sp³-hybridized carbons (Fsp3) is 0.417. The fourth-order valence-corrected chi connectivity index (χ4v) is 5.16. The Morgan fingerprint density at radius 3 is 2.67 bits per heavy atom. The summed E-state index contributed by atoms with van der Waals surface area (Å²) >= 11 is 6.05. The van der Waals surface area contributed by atoms with Gasteiger partial charge in [0.1, 0.15) is 11.8 Å². The van der Waals surface area contributed by atoms with E-state index in [1.54, 1.807) is 25.3 Å². The van der Waals surface area contributed by atoms with Crippen molar-refractivity contribution in [3.63, 3.8) is 0 Å². The number of benzene rings is 2. The van der Waals surface area contributed by atoms with E-state index >= 15 is 0 Å². The number of hydrogen-bond donors (Lipinski definition) is 1. The Kier molecular flexibility index (Phi) is 6.00. The van der Waals surface area contributed by atoms with E-state index < -0.39 is 6.04 Å². The minimum absolute atomic E-state index is 0.0956. The minimum atomic E-state index is -0.495. The minimum Gasteiger partial charge on any atom is -0.496 e. The van der Waals surface area contributed by atoms with Gasteiger partial charge in [-0.25, -0.2) is 0 Å². The summed E-state index contributed by atoms with van der Waals surface area (Å²) in [6.07, 6.45) is 4.94. The third-order valence-corrected chi connectivity index (χ3v) is 6.64. The van der Waals surface area contributed by atoms with E-state index in [0.29, 0.717) is 28.7 Å². The number of carbonyl (C=O) groups excluding carboxylic acids is 2. The number of likely N-dealkylation sites (tertiary alicyclic amines) is 1. The summed E-state index contributed by atoms with van der Waals surface area (Å²) in [5.41, 5.74) is 2.13. The Hall–Kier alpha value is -2.53. The van der Waals surface area contributed by atoms with Crippen LogP contribution >= 0.6 is 11.6 Å². The standard InChI is InChI=1S/C24H27ClN2O3/c1-15-13-17(25)11-12-19(15)26-23(28)21-14-16-7-3-5-9-20(16)27(21)24(29)18-8-4-6-10-22(18)30-2/h4,6,8,10-13,16,20-21H,3,5,7,9,14H2,1-2H3,(H,26,28). The van der Waals surface area contributed by atoms with Crippen LogP contribution in [0.5, 0.6) is 5.75 Å². The smallest absolute Gasteiger partial charge is 0.258 e. The number of hydrogen-bond acceptors (Lipinski definition) is 3. The zero-order chi connectivity index (χ0) is 21.3. The molecule has 2 aromatic carbocycles. The van der Waals surface area contributed by atoms with Gasteiger partial charge in [0.15, 0.2) is 0 Å². The van der Waals surface area contributed by atoms with Crippen molar-refractivity contribution >= 4 is 29.1 Å². The third-order valence-electron chi connectivity index (χ3n) is 6.41. The second-order valence-corrected chi connectivity index (χ2v) is 8.66. The molecule has 6 heteroatoms. The molecule has 2 aliphatic rings. The number of carbonyl (C=O) groups is 2. The predicted molar refractivity (Wildman–Crippen MR) is 118 cm³/mol. The van der Waals surface area contributed by atoms with Crippen molar-refractivity contribution in [2.45, 2.75) is 51.1 Å². The van der Waals surface area contributed by atoms with Gasteiger partial charge in [-0.15, -0.1) is 0 Å². The highest BCUT2D eigenvalue weighted by atomic mass is 35.5. The number of nitrogens with zero attached hydrogens (tertiary/aromatic N) is 1. The first-order valence-electron chi connectivity index (χ1n) is 10.5. The number of amides is 2. The molecule has 0 radical (unpaired) electrons. The van der Waals surface area contributed by atoms with Crippen molar-refractivity contribution in [1.29, 1.82) is 0 Å². The highest BCUT2D eigenvalue weighted by Crippen LogP contribution is 2.41. The van der Waals surface area contributed by atoms with Crippen molar-refractivity contribution in [2.24, 2.45) is 5.92 Å². The number of anilines is 1. The number of ether oxygens (including phenoxy) is 1. The molecule has 2 fully saturated rings. The number of halogens is 1. The van der Waals surface area contributed by atoms with Crippen LogP contribution in [0, 0.1) is 12.8 Å². The molecule has 1 N–H and O–H groups in total. The number of para-hydroxylation sites is 1. The average molecular weight is 427 g/mol. The zero-order valence-corrected chi connectivity index (χ0v) is 18.1. The molecule has 0 spiro atoms. The summed E-state index contributed by atoms with van der Waals surface area (Å²) in [5, 5.41) is 3.66. The van der Waals surface area contributed by atoms with Crippen molar-refractivity contribution in [1.82, 2.24) is 4.90 Å². The van der Waals surface area contributed by atoms with Crippen LogP contribution in [0.4, 0.5) is 5.69 Å². The molecule has 2 amide bonds. The lowest BCUT2D eigenvalue weighted by molar-refractivity contribution is -0.120. The fourth-order valence-electron chi connectivity index (χ4n) is 4.93. The van der Waals surface area contributed by atoms with Crippen LogP contribution in [-0.2, 0) is 4.79 Å². The molecule has 2 aromatic rings. The van der Waals surface area contributed by atoms with Crippen LogP contribution in [0.3, 0.4) is 0 Å². The molecule has 158 valence electrons. The molecule has 5 nitrogen and oxygen atoms in total. The number of nitrogens with one attached hydrogen (secondary N) is 1. The molecule has 30 heavy (non-hydrogen) atoms. The van der Waals surface area contributed by atoms with Crippen LogP contribution in [0.2, 0.25) is 5.02 Å². The topological polar surface area (TPSA) is 58.6 Å². The molecule has 1 aliphatic heterocycles. The molecule has 1 aliphatic carbocycles. The molecule has 3 atom stereocenters. The Morgan fingerprint density at radius 1 is 1.13 bits per heavy atom. The normalized spacial score (nSPS) is 23.0. The molecular weight excluding hydrogens is 400 g/mol. The highest BCUT2D eigenvalue weighted by molar-refractivity contribution is 6.30. The average Bonchev–Trinajstić information content (AvgIpc) is 3.15. The molecule has 0 bridgehead atoms. The van der Waals surface area contributed by atoms with E-state index in [1.807, 2.05) is 36.1 Å². The van der Waals surface area contributed by atoms with Crippen molar-refractivity contribution in [2.75, 3.05) is 12.4 Å². The Balaban J connectivity index is 1.64. The van der Waals surface area contributed by atoms with Crippen LogP contribution in [-0.4, -0.2) is 35.9 Å². The van der Waals surface area contributed by atoms with E-state index in [2.05, 4.69) is 5.32 Å². The van der Waals surface area contributed by atoms with Gasteiger partial charge in [0, 0.05) is 16.8 Å². The van der Waals surface area contributed by atoms with Crippen molar-refractivity contribution in [3.05, 3.63) is 58.6 Å². The molecule has 3 unspecified atom stereocenters. The largest absolute Gasteiger partial charge is 0.496 e. The molecule has 0 aromatic heterocycles. The van der Waals surface area contributed by atoms with Gasteiger partial charge in [0.25, 0.3) is 5.91 Å². The lowest BCUT2D eigenvalue weighted by atomic mass is 9.84. The molecule has 4 rings (SSSR count). The van der Waals surface area contributed by atoms with Crippen molar-refractivity contribution < 1.29 is 14.3 Å². The number of fused-ring (bicyclic) bond motifs is 1. The molecule has 1 heterocycles. The Bertz CT molecular complexity index is 961. The van der Waals surface area contributed by atoms with E-state index in [9.17, 15) is 9.59 Å². The van der Waals surface area contributed by atoms with Gasteiger partial charge in [0.05, 0.1) is 12.7 Å². The van der Waals surface area contributed by atoms with Gasteiger partial charge in [-0.3, -0.25) is 9.59 Å². The monoisotopic (exact) mass is 426 g/mol. The van der Waals surface area contributed by atoms with Gasteiger partial charge in [-0.1, -0.05) is 36.6 Å². The zero-order valence-electron chi connectivity index (χ0n) is 17.4. The number of rotatable bonds is 4. The second-order valence-electron chi connectivity index (χ2n) is 8.22. The summed E-state index contributed by atoms with van der Waals surface area (Å²) in [5.74, 6) is 0.627. The quantitative estimate of drug-likeness (QED) is 0.742. The highest BCUT2D eigenvalue weighted by Gasteiger charge is 2.48. The van der Waals surface area contributed by atoms with Gasteiger partial charge in [-0.2, -0.15) is 0 Å². The summed E-state index contributed by atoms with van der Waals surface area (Å²) in [7, 11) is 1.56. The Morgan fingerprint density at radius 2 is 1.90 bits per heavy atom. The number of aryl methyl sites for hydroxylation is 1. The first-order valence-corrected chi connectivity index (χ1v) is 10.9. The SMILES string of the molecule is COc1ccccc1C(=O)N1C(C(=O)Nc2ccc(Cl)cc2C)CC2CCCCC21. The number of methoxy groups -OCH3 is 1. The van der Waals surface area contributed by atoms with E-state index in [1.165, 1.54) is 0 Å². The van der Waals surface area contributed by atoms with Crippen molar-refractivity contribution in [3.8, 4) is 5.75 Å². The van der Waals surface area contributed by atoms with E-state index in [0.717, 1.165) is 36.9 Å². The first-order chi connectivity index (χ1) is 14.5. The van der Waals surface area contributed by atoms with E-state index in [-0.39, 0.29) is 17.9 Å². The van der Waals surface area contributed by atoms with Crippen LogP contribution in [0.1, 0.15) is 48.0 Å². The summed E-state index contributed by atoms with van der Waals surface area (Å²) in [4.78, 5) is 28.8. The maximum atomic E-state index is 13.6. The lowest BCUT2D eigenvalue weighted by Gasteiger charge is -2.34. The van der Waals surface area contributed by atoms with Crippen LogP contribution in [0.25, 0.3) is 0 Å². The van der Waals surface area contributed by atoms with E-state index in [4.69, 9.17) is 16.3 Å². The maximum Gasteiger partial charge on any atom is 0.258 e. The molecule has 1 saturated carbocycles. The Labute approximate surface area is 182 Å². The third kappa shape index (κ3) is 3.91.